The van der Waals surface area contributed by atoms with Gasteiger partial charge in [-0.05, 0) is 25.1 Å². The molecule has 1 N–H and O–H groups in total. The Morgan fingerprint density at radius 1 is 1.18 bits per heavy atom. The van der Waals surface area contributed by atoms with E-state index in [1.807, 2.05) is 12.1 Å². The van der Waals surface area contributed by atoms with Gasteiger partial charge in [-0.2, -0.15) is 0 Å². The summed E-state index contributed by atoms with van der Waals surface area (Å²) in [6.07, 6.45) is 3.70. The van der Waals surface area contributed by atoms with Crippen molar-refractivity contribution < 1.29 is 8.83 Å². The molecular weight excluding hydrogens is 216 g/mol. The van der Waals surface area contributed by atoms with E-state index in [1.54, 1.807) is 6.20 Å². The van der Waals surface area contributed by atoms with Crippen LogP contribution in [0.2, 0.25) is 0 Å². The molecule has 2 aromatic rings. The Morgan fingerprint density at radius 3 is 2.76 bits per heavy atom. The number of aromatic nitrogens is 1. The minimum Gasteiger partial charge on any atom is -0.458 e. The van der Waals surface area contributed by atoms with E-state index < -0.39 is 0 Å². The number of rotatable bonds is 6. The van der Waals surface area contributed by atoms with Gasteiger partial charge in [0.15, 0.2) is 11.5 Å². The van der Waals surface area contributed by atoms with Crippen molar-refractivity contribution in [3.63, 3.8) is 0 Å². The highest BCUT2D eigenvalue weighted by atomic mass is 16.4. The Hall–Kier alpha value is -1.55. The van der Waals surface area contributed by atoms with Crippen molar-refractivity contribution in [2.45, 2.75) is 33.2 Å². The van der Waals surface area contributed by atoms with Gasteiger partial charge in [-0.1, -0.05) is 13.8 Å². The Bertz CT molecular complexity index is 459. The van der Waals surface area contributed by atoms with E-state index in [-0.39, 0.29) is 0 Å². The lowest BCUT2D eigenvalue weighted by Crippen LogP contribution is -2.13. The van der Waals surface area contributed by atoms with Gasteiger partial charge in [0.2, 0.25) is 5.89 Å². The van der Waals surface area contributed by atoms with Crippen molar-refractivity contribution in [3.05, 3.63) is 30.0 Å². The van der Waals surface area contributed by atoms with Crippen molar-refractivity contribution in [3.8, 4) is 11.5 Å². The first-order chi connectivity index (χ1) is 8.33. The second kappa shape index (κ2) is 5.68. The van der Waals surface area contributed by atoms with Crippen molar-refractivity contribution in [2.75, 3.05) is 6.54 Å². The lowest BCUT2D eigenvalue weighted by Gasteiger charge is -1.97. The van der Waals surface area contributed by atoms with Crippen molar-refractivity contribution in [1.29, 1.82) is 0 Å². The van der Waals surface area contributed by atoms with E-state index >= 15 is 0 Å². The predicted molar refractivity (Wildman–Crippen MR) is 65.6 cm³/mol. The third kappa shape index (κ3) is 2.97. The van der Waals surface area contributed by atoms with Gasteiger partial charge in [0, 0.05) is 6.42 Å². The fraction of sp³-hybridized carbons (Fsp3) is 0.462. The quantitative estimate of drug-likeness (QED) is 0.781. The summed E-state index contributed by atoms with van der Waals surface area (Å²) in [5.74, 6) is 3.10. The molecule has 0 spiro atoms. The molecule has 0 fully saturated rings. The highest BCUT2D eigenvalue weighted by molar-refractivity contribution is 5.48. The van der Waals surface area contributed by atoms with Crippen LogP contribution in [0, 0.1) is 0 Å². The first-order valence-corrected chi connectivity index (χ1v) is 6.08. The zero-order valence-electron chi connectivity index (χ0n) is 10.3. The molecule has 92 valence electrons. The summed E-state index contributed by atoms with van der Waals surface area (Å²) in [6.45, 7) is 5.82. The highest BCUT2D eigenvalue weighted by Gasteiger charge is 2.09. The van der Waals surface area contributed by atoms with E-state index in [4.69, 9.17) is 8.83 Å². The molecule has 2 aromatic heterocycles. The minimum atomic E-state index is 0.662. The van der Waals surface area contributed by atoms with Crippen LogP contribution in [0.4, 0.5) is 0 Å². The fourth-order valence-electron chi connectivity index (χ4n) is 1.58. The predicted octanol–water partition coefficient (Wildman–Crippen LogP) is 3.00. The summed E-state index contributed by atoms with van der Waals surface area (Å²) in [5.41, 5.74) is 0. The third-order valence-corrected chi connectivity index (χ3v) is 2.51. The van der Waals surface area contributed by atoms with E-state index in [9.17, 15) is 0 Å². The van der Waals surface area contributed by atoms with Crippen molar-refractivity contribution >= 4 is 0 Å². The van der Waals surface area contributed by atoms with Crippen LogP contribution in [-0.2, 0) is 13.0 Å². The standard InChI is InChI=1S/C13H18N2O2/c1-3-7-14-9-13-15-8-12(17-13)11-6-5-10(4-2)16-11/h5-6,8,14H,3-4,7,9H2,1-2H3. The summed E-state index contributed by atoms with van der Waals surface area (Å²) in [6, 6.07) is 3.88. The topological polar surface area (TPSA) is 51.2 Å². The van der Waals surface area contributed by atoms with E-state index in [2.05, 4.69) is 24.1 Å². The Labute approximate surface area is 101 Å². The van der Waals surface area contributed by atoms with E-state index in [0.29, 0.717) is 18.2 Å². The molecule has 17 heavy (non-hydrogen) atoms. The molecule has 0 aliphatic heterocycles. The molecule has 4 nitrogen and oxygen atoms in total. The summed E-state index contributed by atoms with van der Waals surface area (Å²) in [7, 11) is 0. The summed E-state index contributed by atoms with van der Waals surface area (Å²) in [4.78, 5) is 4.21. The fourth-order valence-corrected chi connectivity index (χ4v) is 1.58. The van der Waals surface area contributed by atoms with Crippen LogP contribution in [0.3, 0.4) is 0 Å². The Morgan fingerprint density at radius 2 is 2.06 bits per heavy atom. The van der Waals surface area contributed by atoms with Gasteiger partial charge in [0.25, 0.3) is 0 Å². The van der Waals surface area contributed by atoms with Gasteiger partial charge in [-0.25, -0.2) is 4.98 Å². The maximum atomic E-state index is 5.61. The number of furan rings is 1. The second-order valence-corrected chi connectivity index (χ2v) is 3.91. The Kier molecular flexibility index (Phi) is 3.98. The van der Waals surface area contributed by atoms with Gasteiger partial charge in [0.1, 0.15) is 5.76 Å². The smallest absolute Gasteiger partial charge is 0.209 e. The first-order valence-electron chi connectivity index (χ1n) is 6.08. The van der Waals surface area contributed by atoms with Crippen LogP contribution in [0.25, 0.3) is 11.5 Å². The van der Waals surface area contributed by atoms with Crippen LogP contribution in [0.1, 0.15) is 31.9 Å². The molecule has 2 heterocycles. The zero-order valence-corrected chi connectivity index (χ0v) is 10.3. The summed E-state index contributed by atoms with van der Waals surface area (Å²) >= 11 is 0. The minimum absolute atomic E-state index is 0.662. The molecule has 0 radical (unpaired) electrons. The molecule has 0 aliphatic rings. The molecule has 0 amide bonds. The third-order valence-electron chi connectivity index (χ3n) is 2.51. The van der Waals surface area contributed by atoms with Gasteiger partial charge >= 0.3 is 0 Å². The zero-order chi connectivity index (χ0) is 12.1. The van der Waals surface area contributed by atoms with E-state index in [0.717, 1.165) is 30.9 Å². The maximum Gasteiger partial charge on any atom is 0.209 e. The Balaban J connectivity index is 2.02. The molecule has 0 saturated carbocycles. The number of oxazole rings is 1. The van der Waals surface area contributed by atoms with Gasteiger partial charge < -0.3 is 14.2 Å². The van der Waals surface area contributed by atoms with E-state index in [1.165, 1.54) is 0 Å². The van der Waals surface area contributed by atoms with Crippen LogP contribution >= 0.6 is 0 Å². The first kappa shape index (κ1) is 11.9. The maximum absolute atomic E-state index is 5.61. The molecule has 0 unspecified atom stereocenters. The van der Waals surface area contributed by atoms with Crippen LogP contribution < -0.4 is 5.32 Å². The van der Waals surface area contributed by atoms with Gasteiger partial charge in [0.05, 0.1) is 12.7 Å². The van der Waals surface area contributed by atoms with Gasteiger partial charge in [-0.3, -0.25) is 0 Å². The molecular formula is C13H18N2O2. The highest BCUT2D eigenvalue weighted by Crippen LogP contribution is 2.23. The van der Waals surface area contributed by atoms with Crippen molar-refractivity contribution in [1.82, 2.24) is 10.3 Å². The molecule has 2 rings (SSSR count). The SMILES string of the molecule is CCCNCc1ncc(-c2ccc(CC)o2)o1. The molecule has 0 aromatic carbocycles. The molecule has 0 aliphatic carbocycles. The van der Waals surface area contributed by atoms with Crippen LogP contribution in [0.15, 0.2) is 27.2 Å². The monoisotopic (exact) mass is 234 g/mol. The molecule has 0 bridgehead atoms. The summed E-state index contributed by atoms with van der Waals surface area (Å²) < 4.78 is 11.2. The van der Waals surface area contributed by atoms with Crippen molar-refractivity contribution in [2.24, 2.45) is 0 Å². The molecule has 0 saturated heterocycles. The van der Waals surface area contributed by atoms with Gasteiger partial charge in [-0.15, -0.1) is 0 Å². The largest absolute Gasteiger partial charge is 0.458 e. The molecule has 4 heteroatoms. The summed E-state index contributed by atoms with van der Waals surface area (Å²) in [5, 5.41) is 3.25. The lowest BCUT2D eigenvalue weighted by atomic mass is 10.3. The number of hydrogen-bond donors (Lipinski definition) is 1. The normalized spacial score (nSPS) is 10.9. The number of nitrogens with zero attached hydrogens (tertiary/aromatic N) is 1. The average molecular weight is 234 g/mol. The second-order valence-electron chi connectivity index (χ2n) is 3.91. The average Bonchev–Trinajstić information content (AvgIpc) is 2.97. The number of hydrogen-bond acceptors (Lipinski definition) is 4. The van der Waals surface area contributed by atoms with Crippen LogP contribution in [0.5, 0.6) is 0 Å². The number of aryl methyl sites for hydroxylation is 1. The lowest BCUT2D eigenvalue weighted by molar-refractivity contribution is 0.454. The molecule has 0 atom stereocenters. The number of nitrogens with one attached hydrogen (secondary N) is 1. The van der Waals surface area contributed by atoms with Crippen LogP contribution in [-0.4, -0.2) is 11.5 Å².